The van der Waals surface area contributed by atoms with Crippen molar-refractivity contribution < 1.29 is 27.4 Å². The third kappa shape index (κ3) is 4.24. The normalized spacial score (nSPS) is 11.0. The Morgan fingerprint density at radius 2 is 1.33 bits per heavy atom. The van der Waals surface area contributed by atoms with E-state index in [9.17, 15) is 18.0 Å². The summed E-state index contributed by atoms with van der Waals surface area (Å²) in [5.74, 6) is -4.78. The zero-order valence-corrected chi connectivity index (χ0v) is 11.0. The number of hydrogen-bond donors (Lipinski definition) is 0. The van der Waals surface area contributed by atoms with Gasteiger partial charge in [0.05, 0.1) is 0 Å². The molecule has 0 N–H and O–H groups in total. The minimum absolute atomic E-state index is 0.0204. The molecule has 110 valence electrons. The van der Waals surface area contributed by atoms with Crippen LogP contribution in [0.4, 0.5) is 13.2 Å². The van der Waals surface area contributed by atoms with Gasteiger partial charge in [0.25, 0.3) is 0 Å². The van der Waals surface area contributed by atoms with Crippen molar-refractivity contribution in [1.29, 1.82) is 0 Å². The summed E-state index contributed by atoms with van der Waals surface area (Å²) in [4.78, 5) is 11.0. The Bertz CT molecular complexity index is 616. The number of halogens is 3. The molecule has 2 aromatic carbocycles. The Kier molecular flexibility index (Phi) is 4.16. The Morgan fingerprint density at radius 3 is 1.81 bits per heavy atom. The summed E-state index contributed by atoms with van der Waals surface area (Å²) in [7, 11) is 0. The molecule has 0 saturated carbocycles. The van der Waals surface area contributed by atoms with Crippen LogP contribution in [0.25, 0.3) is 0 Å². The molecule has 0 aliphatic carbocycles. The molecule has 0 bridgehead atoms. The van der Waals surface area contributed by atoms with E-state index >= 15 is 0 Å². The lowest BCUT2D eigenvalue weighted by molar-refractivity contribution is -0.158. The highest BCUT2D eigenvalue weighted by Gasteiger charge is 2.34. The van der Waals surface area contributed by atoms with Gasteiger partial charge in [0.1, 0.15) is 23.1 Å². The Morgan fingerprint density at radius 1 is 0.905 bits per heavy atom. The van der Waals surface area contributed by atoms with E-state index < -0.39 is 11.9 Å². The number of benzene rings is 2. The van der Waals surface area contributed by atoms with Gasteiger partial charge < -0.3 is 9.47 Å². The molecule has 0 amide bonds. The predicted molar refractivity (Wildman–Crippen MR) is 69.2 cm³/mol. The van der Waals surface area contributed by atoms with Crippen LogP contribution < -0.4 is 9.47 Å². The van der Waals surface area contributed by atoms with Crippen molar-refractivity contribution >= 4 is 5.97 Å². The first-order valence-corrected chi connectivity index (χ1v) is 5.98. The molecule has 2 aromatic rings. The summed E-state index contributed by atoms with van der Waals surface area (Å²) in [6, 6.07) is 10.9. The van der Waals surface area contributed by atoms with Crippen molar-refractivity contribution in [3.05, 3.63) is 54.3 Å². The SMILES string of the molecule is CC(F)(F)C(=O)Oc1ccc(Oc2ccc(F)cc2)cc1. The standard InChI is InChI=1S/C15H11F3O3/c1-15(17,18)14(19)21-13-8-6-12(7-9-13)20-11-4-2-10(16)3-5-11/h2-9H,1H3. The van der Waals surface area contributed by atoms with Gasteiger partial charge in [-0.1, -0.05) is 0 Å². The number of carbonyl (C=O) groups is 1. The number of esters is 1. The quantitative estimate of drug-likeness (QED) is 0.627. The van der Waals surface area contributed by atoms with E-state index in [2.05, 4.69) is 4.74 Å². The van der Waals surface area contributed by atoms with E-state index in [4.69, 9.17) is 4.74 Å². The number of rotatable bonds is 4. The van der Waals surface area contributed by atoms with Crippen LogP contribution in [0, 0.1) is 5.82 Å². The fourth-order valence-electron chi connectivity index (χ4n) is 1.41. The van der Waals surface area contributed by atoms with Gasteiger partial charge in [-0.2, -0.15) is 8.78 Å². The summed E-state index contributed by atoms with van der Waals surface area (Å²) >= 11 is 0. The first-order valence-electron chi connectivity index (χ1n) is 5.98. The second-order valence-corrected chi connectivity index (χ2v) is 4.31. The van der Waals surface area contributed by atoms with Crippen LogP contribution >= 0.6 is 0 Å². The average Bonchev–Trinajstić information content (AvgIpc) is 2.42. The van der Waals surface area contributed by atoms with Crippen LogP contribution in [0.3, 0.4) is 0 Å². The predicted octanol–water partition coefficient (Wildman–Crippen LogP) is 4.18. The third-order valence-corrected chi connectivity index (χ3v) is 2.44. The Labute approximate surface area is 118 Å². The van der Waals surface area contributed by atoms with Crippen LogP contribution in [-0.2, 0) is 4.79 Å². The zero-order chi connectivity index (χ0) is 15.5. The minimum atomic E-state index is -3.55. The van der Waals surface area contributed by atoms with Gasteiger partial charge in [-0.3, -0.25) is 0 Å². The molecule has 6 heteroatoms. The van der Waals surface area contributed by atoms with Gasteiger partial charge in [-0.05, 0) is 48.5 Å². The molecule has 0 heterocycles. The fourth-order valence-corrected chi connectivity index (χ4v) is 1.41. The maximum atomic E-state index is 12.7. The van der Waals surface area contributed by atoms with Crippen molar-refractivity contribution in [1.82, 2.24) is 0 Å². The lowest BCUT2D eigenvalue weighted by Gasteiger charge is -2.10. The van der Waals surface area contributed by atoms with Gasteiger partial charge >= 0.3 is 11.9 Å². The van der Waals surface area contributed by atoms with E-state index in [0.717, 1.165) is 0 Å². The van der Waals surface area contributed by atoms with Gasteiger partial charge in [-0.15, -0.1) is 0 Å². The van der Waals surface area contributed by atoms with Crippen molar-refractivity contribution in [2.24, 2.45) is 0 Å². The van der Waals surface area contributed by atoms with E-state index in [1.807, 2.05) is 0 Å². The molecule has 21 heavy (non-hydrogen) atoms. The summed E-state index contributed by atoms with van der Waals surface area (Å²) in [6.07, 6.45) is 0. The van der Waals surface area contributed by atoms with Crippen LogP contribution in [0.1, 0.15) is 6.92 Å². The van der Waals surface area contributed by atoms with Crippen LogP contribution in [0.5, 0.6) is 17.2 Å². The molecular formula is C15H11F3O3. The highest BCUT2D eigenvalue weighted by atomic mass is 19.3. The van der Waals surface area contributed by atoms with Crippen molar-refractivity contribution in [3.8, 4) is 17.2 Å². The van der Waals surface area contributed by atoms with Gasteiger partial charge in [0, 0.05) is 6.92 Å². The first kappa shape index (κ1) is 14.9. The highest BCUT2D eigenvalue weighted by molar-refractivity contribution is 5.79. The molecular weight excluding hydrogens is 285 g/mol. The van der Waals surface area contributed by atoms with E-state index in [-0.39, 0.29) is 11.6 Å². The molecule has 3 nitrogen and oxygen atoms in total. The van der Waals surface area contributed by atoms with Gasteiger partial charge in [0.2, 0.25) is 0 Å². The summed E-state index contributed by atoms with van der Waals surface area (Å²) in [6.45, 7) is 0.460. The third-order valence-electron chi connectivity index (χ3n) is 2.44. The molecule has 0 spiro atoms. The van der Waals surface area contributed by atoms with Crippen molar-refractivity contribution in [3.63, 3.8) is 0 Å². The van der Waals surface area contributed by atoms with Crippen LogP contribution in [0.15, 0.2) is 48.5 Å². The van der Waals surface area contributed by atoms with Crippen molar-refractivity contribution in [2.45, 2.75) is 12.8 Å². The molecule has 0 atom stereocenters. The molecule has 2 rings (SSSR count). The lowest BCUT2D eigenvalue weighted by atomic mass is 10.3. The summed E-state index contributed by atoms with van der Waals surface area (Å²) in [5.41, 5.74) is 0. The maximum absolute atomic E-state index is 12.7. The summed E-state index contributed by atoms with van der Waals surface area (Å²) < 4.78 is 48.0. The molecule has 0 fully saturated rings. The molecule has 0 unspecified atom stereocenters. The molecule has 0 aromatic heterocycles. The molecule has 0 radical (unpaired) electrons. The molecule has 0 aliphatic rings. The number of carbonyl (C=O) groups excluding carboxylic acids is 1. The highest BCUT2D eigenvalue weighted by Crippen LogP contribution is 2.25. The number of alkyl halides is 2. The lowest BCUT2D eigenvalue weighted by Crippen LogP contribution is -2.29. The van der Waals surface area contributed by atoms with Crippen LogP contribution in [-0.4, -0.2) is 11.9 Å². The Hall–Kier alpha value is -2.50. The smallest absolute Gasteiger partial charge is 0.382 e. The Balaban J connectivity index is 2.02. The molecule has 0 saturated heterocycles. The van der Waals surface area contributed by atoms with Gasteiger partial charge in [-0.25, -0.2) is 9.18 Å². The average molecular weight is 296 g/mol. The van der Waals surface area contributed by atoms with E-state index in [1.54, 1.807) is 0 Å². The number of ether oxygens (including phenoxy) is 2. The van der Waals surface area contributed by atoms with E-state index in [1.165, 1.54) is 48.5 Å². The van der Waals surface area contributed by atoms with Gasteiger partial charge in [0.15, 0.2) is 0 Å². The second kappa shape index (κ2) is 5.87. The monoisotopic (exact) mass is 296 g/mol. The fraction of sp³-hybridized carbons (Fsp3) is 0.133. The topological polar surface area (TPSA) is 35.5 Å². The first-order chi connectivity index (χ1) is 9.84. The second-order valence-electron chi connectivity index (χ2n) is 4.31. The summed E-state index contributed by atoms with van der Waals surface area (Å²) in [5, 5.41) is 0. The largest absolute Gasteiger partial charge is 0.457 e. The van der Waals surface area contributed by atoms with E-state index in [0.29, 0.717) is 18.4 Å². The zero-order valence-electron chi connectivity index (χ0n) is 11.0. The maximum Gasteiger partial charge on any atom is 0.382 e. The van der Waals surface area contributed by atoms with Crippen LogP contribution in [0.2, 0.25) is 0 Å². The number of hydrogen-bond acceptors (Lipinski definition) is 3. The van der Waals surface area contributed by atoms with Crippen molar-refractivity contribution in [2.75, 3.05) is 0 Å². The molecule has 0 aliphatic heterocycles. The minimum Gasteiger partial charge on any atom is -0.457 e.